The van der Waals surface area contributed by atoms with Crippen molar-refractivity contribution in [2.75, 3.05) is 13.1 Å². The number of nitrogens with zero attached hydrogens (tertiary/aromatic N) is 1. The van der Waals surface area contributed by atoms with E-state index in [1.807, 2.05) is 30.3 Å². The van der Waals surface area contributed by atoms with Gasteiger partial charge in [0.05, 0.1) is 11.6 Å². The lowest BCUT2D eigenvalue weighted by Crippen LogP contribution is -2.54. The molecule has 3 aliphatic heterocycles. The van der Waals surface area contributed by atoms with E-state index in [2.05, 4.69) is 10.2 Å². The molecule has 29 heavy (non-hydrogen) atoms. The van der Waals surface area contributed by atoms with Gasteiger partial charge in [-0.15, -0.1) is 0 Å². The van der Waals surface area contributed by atoms with Gasteiger partial charge in [-0.2, -0.15) is 13.2 Å². The van der Waals surface area contributed by atoms with Crippen LogP contribution in [0.5, 0.6) is 0 Å². The van der Waals surface area contributed by atoms with Crippen LogP contribution in [0, 0.1) is 12.8 Å². The molecular weight excluding hydrogens is 377 g/mol. The first-order valence-electron chi connectivity index (χ1n) is 10.1. The summed E-state index contributed by atoms with van der Waals surface area (Å²) in [5.74, 6) is 0.202. The molecule has 2 aromatic rings. The normalized spacial score (nSPS) is 24.9. The van der Waals surface area contributed by atoms with E-state index in [0.717, 1.165) is 31.1 Å². The van der Waals surface area contributed by atoms with E-state index in [1.165, 1.54) is 31.9 Å². The van der Waals surface area contributed by atoms with Crippen molar-refractivity contribution in [3.8, 4) is 0 Å². The van der Waals surface area contributed by atoms with E-state index in [4.69, 9.17) is 0 Å². The van der Waals surface area contributed by atoms with Crippen LogP contribution >= 0.6 is 0 Å². The summed E-state index contributed by atoms with van der Waals surface area (Å²) in [6.45, 7) is 3.38. The van der Waals surface area contributed by atoms with Crippen molar-refractivity contribution in [2.24, 2.45) is 5.92 Å². The first-order valence-corrected chi connectivity index (χ1v) is 10.1. The topological polar surface area (TPSA) is 32.3 Å². The average Bonchev–Trinajstić information content (AvgIpc) is 2.72. The van der Waals surface area contributed by atoms with Gasteiger partial charge in [0.2, 0.25) is 0 Å². The lowest BCUT2D eigenvalue weighted by atomic mass is 9.79. The van der Waals surface area contributed by atoms with Crippen molar-refractivity contribution in [2.45, 2.75) is 44.4 Å². The Balaban J connectivity index is 1.64. The van der Waals surface area contributed by atoms with Gasteiger partial charge in [0, 0.05) is 11.6 Å². The molecule has 0 saturated carbocycles. The Bertz CT molecular complexity index is 873. The summed E-state index contributed by atoms with van der Waals surface area (Å²) in [5, 5.41) is 3.08. The maximum atomic E-state index is 13.3. The molecule has 3 saturated heterocycles. The number of halogens is 3. The number of hydrogen-bond donors (Lipinski definition) is 1. The maximum Gasteiger partial charge on any atom is 0.416 e. The first kappa shape index (κ1) is 20.0. The molecule has 1 unspecified atom stereocenters. The number of fused-ring (bicyclic) bond motifs is 3. The predicted molar refractivity (Wildman–Crippen MR) is 106 cm³/mol. The number of carbonyl (C=O) groups is 1. The summed E-state index contributed by atoms with van der Waals surface area (Å²) in [7, 11) is 0. The van der Waals surface area contributed by atoms with Gasteiger partial charge in [-0.3, -0.25) is 9.69 Å². The maximum absolute atomic E-state index is 13.3. The fourth-order valence-electron chi connectivity index (χ4n) is 4.83. The molecule has 2 atom stereocenters. The predicted octanol–water partition coefficient (Wildman–Crippen LogP) is 4.97. The summed E-state index contributed by atoms with van der Waals surface area (Å²) in [5.41, 5.74) is 0.274. The first-order chi connectivity index (χ1) is 13.8. The summed E-state index contributed by atoms with van der Waals surface area (Å²) >= 11 is 0. The Labute approximate surface area is 168 Å². The second-order valence-corrected chi connectivity index (χ2v) is 8.12. The monoisotopic (exact) mass is 402 g/mol. The van der Waals surface area contributed by atoms with Crippen molar-refractivity contribution in [1.29, 1.82) is 0 Å². The number of benzene rings is 2. The van der Waals surface area contributed by atoms with E-state index in [1.54, 1.807) is 0 Å². The van der Waals surface area contributed by atoms with Gasteiger partial charge in [-0.1, -0.05) is 36.4 Å². The fraction of sp³-hybridized carbons (Fsp3) is 0.435. The van der Waals surface area contributed by atoms with Crippen LogP contribution in [0.1, 0.15) is 52.4 Å². The van der Waals surface area contributed by atoms with Crippen LogP contribution < -0.4 is 5.32 Å². The molecule has 5 rings (SSSR count). The Morgan fingerprint density at radius 2 is 1.76 bits per heavy atom. The molecule has 3 aliphatic rings. The van der Waals surface area contributed by atoms with Crippen LogP contribution in [0.25, 0.3) is 0 Å². The zero-order valence-electron chi connectivity index (χ0n) is 16.4. The number of amides is 1. The van der Waals surface area contributed by atoms with Crippen LogP contribution in [-0.4, -0.2) is 29.9 Å². The molecule has 3 nitrogen and oxygen atoms in total. The van der Waals surface area contributed by atoms with Gasteiger partial charge < -0.3 is 5.32 Å². The van der Waals surface area contributed by atoms with Crippen molar-refractivity contribution in [3.05, 3.63) is 70.8 Å². The Morgan fingerprint density at radius 1 is 1.07 bits per heavy atom. The molecule has 2 bridgehead atoms. The summed E-state index contributed by atoms with van der Waals surface area (Å²) in [6.07, 6.45) is -1.12. The zero-order valence-corrected chi connectivity index (χ0v) is 16.4. The summed E-state index contributed by atoms with van der Waals surface area (Å²) < 4.78 is 39.8. The van der Waals surface area contributed by atoms with Crippen molar-refractivity contribution < 1.29 is 18.0 Å². The molecule has 0 spiro atoms. The van der Waals surface area contributed by atoms with Crippen LogP contribution in [0.4, 0.5) is 13.2 Å². The van der Waals surface area contributed by atoms with E-state index < -0.39 is 17.6 Å². The molecule has 0 aromatic heterocycles. The fourth-order valence-corrected chi connectivity index (χ4v) is 4.83. The molecule has 3 heterocycles. The zero-order chi connectivity index (χ0) is 20.6. The lowest BCUT2D eigenvalue weighted by molar-refractivity contribution is -0.138. The smallest absolute Gasteiger partial charge is 0.344 e. The highest BCUT2D eigenvalue weighted by molar-refractivity contribution is 5.96. The third-order valence-corrected chi connectivity index (χ3v) is 6.41. The molecule has 0 radical (unpaired) electrons. The lowest BCUT2D eigenvalue weighted by Gasteiger charge is -2.48. The van der Waals surface area contributed by atoms with Crippen LogP contribution in [-0.2, 0) is 6.18 Å². The van der Waals surface area contributed by atoms with E-state index in [0.29, 0.717) is 5.92 Å². The minimum atomic E-state index is -4.48. The SMILES string of the molecule is Cc1c(C(=O)N[C@@H](c2ccccc2)C2CC3CCN2CC3)cccc1C(F)(F)F. The third kappa shape index (κ3) is 4.04. The standard InChI is InChI=1S/C23H25F3N2O/c1-15-18(8-5-9-19(15)23(24,25)26)22(29)27-21(17-6-3-2-4-7-17)20-14-16-10-12-28(20)13-11-16/h2-9,16,20-21H,10-14H2,1H3,(H,27,29)/t20?,21-/m0/s1. The van der Waals surface area contributed by atoms with Gasteiger partial charge in [-0.25, -0.2) is 0 Å². The van der Waals surface area contributed by atoms with E-state index in [-0.39, 0.29) is 23.2 Å². The molecule has 3 fully saturated rings. The van der Waals surface area contributed by atoms with Gasteiger partial charge in [0.25, 0.3) is 5.91 Å². The molecule has 1 N–H and O–H groups in total. The molecule has 6 heteroatoms. The highest BCUT2D eigenvalue weighted by Gasteiger charge is 2.39. The third-order valence-electron chi connectivity index (χ3n) is 6.41. The Kier molecular flexibility index (Phi) is 5.38. The number of hydrogen-bond acceptors (Lipinski definition) is 2. The van der Waals surface area contributed by atoms with E-state index >= 15 is 0 Å². The average molecular weight is 402 g/mol. The van der Waals surface area contributed by atoms with Crippen LogP contribution in [0.15, 0.2) is 48.5 Å². The molecular formula is C23H25F3N2O. The number of nitrogens with one attached hydrogen (secondary N) is 1. The molecule has 1 amide bonds. The highest BCUT2D eigenvalue weighted by atomic mass is 19.4. The minimum absolute atomic E-state index is 0.0326. The number of alkyl halides is 3. The molecule has 2 aromatic carbocycles. The highest BCUT2D eigenvalue weighted by Crippen LogP contribution is 2.38. The minimum Gasteiger partial charge on any atom is -0.344 e. The largest absolute Gasteiger partial charge is 0.416 e. The van der Waals surface area contributed by atoms with Gasteiger partial charge in [0.1, 0.15) is 0 Å². The molecule has 0 aliphatic carbocycles. The second kappa shape index (κ2) is 7.82. The summed E-state index contributed by atoms with van der Waals surface area (Å²) in [6, 6.07) is 13.4. The number of rotatable bonds is 4. The quantitative estimate of drug-likeness (QED) is 0.783. The van der Waals surface area contributed by atoms with Gasteiger partial charge in [-0.05, 0) is 68.5 Å². The van der Waals surface area contributed by atoms with Gasteiger partial charge in [0.15, 0.2) is 0 Å². The van der Waals surface area contributed by atoms with Crippen LogP contribution in [0.2, 0.25) is 0 Å². The molecule has 154 valence electrons. The number of piperidine rings is 3. The Hall–Kier alpha value is -2.34. The van der Waals surface area contributed by atoms with E-state index in [9.17, 15) is 18.0 Å². The van der Waals surface area contributed by atoms with Gasteiger partial charge >= 0.3 is 6.18 Å². The Morgan fingerprint density at radius 3 is 2.34 bits per heavy atom. The van der Waals surface area contributed by atoms with Crippen molar-refractivity contribution in [1.82, 2.24) is 10.2 Å². The van der Waals surface area contributed by atoms with Crippen molar-refractivity contribution in [3.63, 3.8) is 0 Å². The second-order valence-electron chi connectivity index (χ2n) is 8.12. The van der Waals surface area contributed by atoms with Crippen molar-refractivity contribution >= 4 is 5.91 Å². The summed E-state index contributed by atoms with van der Waals surface area (Å²) in [4.78, 5) is 15.5. The number of carbonyl (C=O) groups excluding carboxylic acids is 1. The van der Waals surface area contributed by atoms with Crippen LogP contribution in [0.3, 0.4) is 0 Å².